The lowest BCUT2D eigenvalue weighted by atomic mass is 10.1. The number of aliphatic hydroxyl groups is 1. The molecule has 0 aliphatic carbocycles. The third kappa shape index (κ3) is 4.11. The van der Waals surface area contributed by atoms with Gasteiger partial charge >= 0.3 is 0 Å². The molecule has 0 saturated carbocycles. The van der Waals surface area contributed by atoms with Crippen LogP contribution in [0.15, 0.2) is 18.2 Å². The van der Waals surface area contributed by atoms with Gasteiger partial charge in [0.05, 0.1) is 26.4 Å². The van der Waals surface area contributed by atoms with Gasteiger partial charge in [0, 0.05) is 18.2 Å². The zero-order chi connectivity index (χ0) is 13.5. The summed E-state index contributed by atoms with van der Waals surface area (Å²) in [5.41, 5.74) is 0.790. The van der Waals surface area contributed by atoms with Crippen LogP contribution in [-0.4, -0.2) is 31.5 Å². The van der Waals surface area contributed by atoms with Crippen LogP contribution in [0.2, 0.25) is 0 Å². The van der Waals surface area contributed by atoms with Crippen molar-refractivity contribution in [3.8, 4) is 11.5 Å². The van der Waals surface area contributed by atoms with Crippen LogP contribution in [-0.2, 0) is 11.3 Å². The van der Waals surface area contributed by atoms with E-state index in [-0.39, 0.29) is 6.61 Å². The predicted molar refractivity (Wildman–Crippen MR) is 72.6 cm³/mol. The van der Waals surface area contributed by atoms with Crippen LogP contribution in [0.3, 0.4) is 0 Å². The van der Waals surface area contributed by atoms with Gasteiger partial charge in [0.25, 0.3) is 0 Å². The maximum absolute atomic E-state index is 9.27. The number of hydrogen-bond acceptors (Lipinski definition) is 4. The number of ether oxygens (including phenoxy) is 3. The van der Waals surface area contributed by atoms with Crippen LogP contribution in [0.1, 0.15) is 31.2 Å². The molecule has 1 aliphatic rings. The normalized spacial score (nSPS) is 18.5. The molecule has 1 unspecified atom stereocenters. The van der Waals surface area contributed by atoms with Crippen LogP contribution in [0.25, 0.3) is 0 Å². The Balaban J connectivity index is 1.80. The van der Waals surface area contributed by atoms with Gasteiger partial charge in [-0.05, 0) is 37.8 Å². The summed E-state index contributed by atoms with van der Waals surface area (Å²) in [6.45, 7) is 1.52. The van der Waals surface area contributed by atoms with Crippen molar-refractivity contribution >= 4 is 0 Å². The molecule has 1 aliphatic heterocycles. The van der Waals surface area contributed by atoms with E-state index in [1.165, 1.54) is 12.8 Å². The molecule has 1 heterocycles. The molecule has 106 valence electrons. The van der Waals surface area contributed by atoms with Crippen molar-refractivity contribution in [2.45, 2.75) is 38.4 Å². The highest BCUT2D eigenvalue weighted by Gasteiger charge is 2.14. The molecule has 4 heteroatoms. The van der Waals surface area contributed by atoms with Gasteiger partial charge in [-0.25, -0.2) is 0 Å². The molecule has 4 nitrogen and oxygen atoms in total. The van der Waals surface area contributed by atoms with E-state index in [2.05, 4.69) is 0 Å². The summed E-state index contributed by atoms with van der Waals surface area (Å²) in [6, 6.07) is 5.47. The zero-order valence-corrected chi connectivity index (χ0v) is 11.4. The van der Waals surface area contributed by atoms with Crippen LogP contribution in [0.5, 0.6) is 11.5 Å². The molecular formula is C15H22O4. The highest BCUT2D eigenvalue weighted by Crippen LogP contribution is 2.25. The van der Waals surface area contributed by atoms with Gasteiger partial charge in [-0.2, -0.15) is 0 Å². The van der Waals surface area contributed by atoms with Gasteiger partial charge in [0.15, 0.2) is 0 Å². The first-order valence-corrected chi connectivity index (χ1v) is 6.85. The summed E-state index contributed by atoms with van der Waals surface area (Å²) in [5, 5.41) is 9.27. The molecule has 0 radical (unpaired) electrons. The third-order valence-electron chi connectivity index (χ3n) is 3.40. The molecule has 1 saturated heterocycles. The second-order valence-electron chi connectivity index (χ2n) is 4.76. The average molecular weight is 266 g/mol. The zero-order valence-electron chi connectivity index (χ0n) is 11.4. The van der Waals surface area contributed by atoms with E-state index < -0.39 is 0 Å². The highest BCUT2D eigenvalue weighted by atomic mass is 16.5. The van der Waals surface area contributed by atoms with Gasteiger partial charge in [-0.1, -0.05) is 0 Å². The second kappa shape index (κ2) is 7.36. The Morgan fingerprint density at radius 2 is 2.32 bits per heavy atom. The van der Waals surface area contributed by atoms with Crippen LogP contribution in [0, 0.1) is 0 Å². The monoisotopic (exact) mass is 266 g/mol. The minimum Gasteiger partial charge on any atom is -0.497 e. The topological polar surface area (TPSA) is 47.9 Å². The summed E-state index contributed by atoms with van der Waals surface area (Å²) in [5.74, 6) is 1.44. The number of benzene rings is 1. The fourth-order valence-corrected chi connectivity index (χ4v) is 2.29. The molecule has 0 spiro atoms. The minimum atomic E-state index is -0.0228. The summed E-state index contributed by atoms with van der Waals surface area (Å²) >= 11 is 0. The lowest BCUT2D eigenvalue weighted by Crippen LogP contribution is -2.08. The Labute approximate surface area is 114 Å². The molecule has 1 fully saturated rings. The highest BCUT2D eigenvalue weighted by molar-refractivity contribution is 5.40. The van der Waals surface area contributed by atoms with E-state index in [9.17, 15) is 5.11 Å². The van der Waals surface area contributed by atoms with Gasteiger partial charge in [0.2, 0.25) is 0 Å². The number of rotatable bonds is 7. The molecule has 0 aromatic heterocycles. The largest absolute Gasteiger partial charge is 0.497 e. The molecule has 19 heavy (non-hydrogen) atoms. The Bertz CT molecular complexity index is 386. The second-order valence-corrected chi connectivity index (χ2v) is 4.76. The quantitative estimate of drug-likeness (QED) is 0.770. The van der Waals surface area contributed by atoms with Gasteiger partial charge in [-0.3, -0.25) is 0 Å². The SMILES string of the molecule is COc1ccc(CO)c(OCCCC2CCCO2)c1. The molecular weight excluding hydrogens is 244 g/mol. The summed E-state index contributed by atoms with van der Waals surface area (Å²) in [6.07, 6.45) is 4.76. The van der Waals surface area contributed by atoms with E-state index >= 15 is 0 Å². The Hall–Kier alpha value is -1.26. The van der Waals surface area contributed by atoms with E-state index in [1.54, 1.807) is 7.11 Å². The van der Waals surface area contributed by atoms with Gasteiger partial charge in [-0.15, -0.1) is 0 Å². The van der Waals surface area contributed by atoms with Gasteiger partial charge in [0.1, 0.15) is 11.5 Å². The van der Waals surface area contributed by atoms with E-state index in [0.29, 0.717) is 18.5 Å². The third-order valence-corrected chi connectivity index (χ3v) is 3.40. The van der Waals surface area contributed by atoms with Crippen molar-refractivity contribution in [1.29, 1.82) is 0 Å². The Morgan fingerprint density at radius 3 is 3.00 bits per heavy atom. The first-order chi connectivity index (χ1) is 9.33. The number of hydrogen-bond donors (Lipinski definition) is 1. The van der Waals surface area contributed by atoms with Crippen molar-refractivity contribution in [3.63, 3.8) is 0 Å². The molecule has 1 N–H and O–H groups in total. The molecule has 1 atom stereocenters. The maximum Gasteiger partial charge on any atom is 0.128 e. The summed E-state index contributed by atoms with van der Waals surface area (Å²) in [4.78, 5) is 0. The first-order valence-electron chi connectivity index (χ1n) is 6.85. The lowest BCUT2D eigenvalue weighted by molar-refractivity contribution is 0.0979. The van der Waals surface area contributed by atoms with E-state index in [0.717, 1.165) is 30.8 Å². The van der Waals surface area contributed by atoms with Crippen LogP contribution >= 0.6 is 0 Å². The Kier molecular flexibility index (Phi) is 5.48. The Morgan fingerprint density at radius 1 is 1.42 bits per heavy atom. The molecule has 1 aromatic carbocycles. The predicted octanol–water partition coefficient (Wildman–Crippen LogP) is 2.53. The minimum absolute atomic E-state index is 0.0228. The molecule has 2 rings (SSSR count). The van der Waals surface area contributed by atoms with Crippen molar-refractivity contribution in [3.05, 3.63) is 23.8 Å². The number of aliphatic hydroxyl groups excluding tert-OH is 1. The van der Waals surface area contributed by atoms with Crippen LogP contribution < -0.4 is 9.47 Å². The van der Waals surface area contributed by atoms with Crippen molar-refractivity contribution in [1.82, 2.24) is 0 Å². The average Bonchev–Trinajstić information content (AvgIpc) is 2.96. The fourth-order valence-electron chi connectivity index (χ4n) is 2.29. The standard InChI is InChI=1S/C15H22O4/c1-17-14-7-6-12(11-16)15(10-14)19-9-3-5-13-4-2-8-18-13/h6-7,10,13,16H,2-5,8-9,11H2,1H3. The first kappa shape index (κ1) is 14.2. The van der Waals surface area contributed by atoms with Crippen molar-refractivity contribution in [2.75, 3.05) is 20.3 Å². The summed E-state index contributed by atoms with van der Waals surface area (Å²) in [7, 11) is 1.62. The van der Waals surface area contributed by atoms with Gasteiger partial charge < -0.3 is 19.3 Å². The number of methoxy groups -OCH3 is 1. The van der Waals surface area contributed by atoms with E-state index in [1.807, 2.05) is 18.2 Å². The molecule has 1 aromatic rings. The fraction of sp³-hybridized carbons (Fsp3) is 0.600. The van der Waals surface area contributed by atoms with Crippen molar-refractivity contribution in [2.24, 2.45) is 0 Å². The van der Waals surface area contributed by atoms with E-state index in [4.69, 9.17) is 14.2 Å². The maximum atomic E-state index is 9.27. The molecule has 0 amide bonds. The van der Waals surface area contributed by atoms with Crippen LogP contribution in [0.4, 0.5) is 0 Å². The molecule has 0 bridgehead atoms. The summed E-state index contributed by atoms with van der Waals surface area (Å²) < 4.78 is 16.5. The lowest BCUT2D eigenvalue weighted by Gasteiger charge is -2.13. The smallest absolute Gasteiger partial charge is 0.128 e. The van der Waals surface area contributed by atoms with Crippen molar-refractivity contribution < 1.29 is 19.3 Å².